The predicted octanol–water partition coefficient (Wildman–Crippen LogP) is 3.54. The Bertz CT molecular complexity index is 364. The monoisotopic (exact) mass is 308 g/mol. The topological polar surface area (TPSA) is 27.1 Å². The fourth-order valence-electron chi connectivity index (χ4n) is 2.11. The maximum absolute atomic E-state index is 11.9. The lowest BCUT2D eigenvalue weighted by Gasteiger charge is -2.08. The van der Waals surface area contributed by atoms with E-state index in [0.29, 0.717) is 11.7 Å². The highest BCUT2D eigenvalue weighted by Crippen LogP contribution is 2.30. The van der Waals surface area contributed by atoms with Crippen LogP contribution >= 0.6 is 15.9 Å². The Morgan fingerprint density at radius 3 is 2.82 bits per heavy atom. The van der Waals surface area contributed by atoms with Gasteiger partial charge in [-0.05, 0) is 28.8 Å². The summed E-state index contributed by atoms with van der Waals surface area (Å²) in [5.41, 5.74) is 0.692. The maximum Gasteiger partial charge on any atom is 0.261 e. The first-order chi connectivity index (χ1) is 8.16. The lowest BCUT2D eigenvalue weighted by atomic mass is 10.3. The molecule has 2 rings (SSSR count). The average molecular weight is 309 g/mol. The van der Waals surface area contributed by atoms with Crippen molar-refractivity contribution in [1.29, 1.82) is 0 Å². The molecule has 0 aromatic carbocycles. The fraction of sp³-hybridized carbons (Fsp3) is 0.727. The molecule has 0 saturated heterocycles. The van der Waals surface area contributed by atoms with Crippen LogP contribution in [0.5, 0.6) is 0 Å². The van der Waals surface area contributed by atoms with Gasteiger partial charge >= 0.3 is 0 Å². The summed E-state index contributed by atoms with van der Waals surface area (Å²) in [4.78, 5) is 0. The van der Waals surface area contributed by atoms with Gasteiger partial charge in [-0.1, -0.05) is 12.8 Å². The third kappa shape index (κ3) is 3.48. The summed E-state index contributed by atoms with van der Waals surface area (Å²) in [6.45, 7) is -0.409. The Morgan fingerprint density at radius 1 is 1.47 bits per heavy atom. The molecule has 1 heterocycles. The molecule has 1 saturated carbocycles. The van der Waals surface area contributed by atoms with Crippen LogP contribution in [0.25, 0.3) is 0 Å². The standard InChI is InChI=1S/C11H15BrF2N2O/c12-9-5-16(8-3-1-2-4-8)15-10(9)6-17-7-11(13)14/h5,8,11H,1-4,6-7H2. The molecule has 0 spiro atoms. The molecule has 0 amide bonds. The van der Waals surface area contributed by atoms with E-state index in [1.54, 1.807) is 0 Å². The zero-order valence-corrected chi connectivity index (χ0v) is 11.0. The summed E-state index contributed by atoms with van der Waals surface area (Å²) in [7, 11) is 0. The number of hydrogen-bond donors (Lipinski definition) is 0. The van der Waals surface area contributed by atoms with E-state index in [1.807, 2.05) is 10.9 Å². The molecule has 1 aliphatic carbocycles. The van der Waals surface area contributed by atoms with Crippen molar-refractivity contribution < 1.29 is 13.5 Å². The molecule has 6 heteroatoms. The molecule has 0 bridgehead atoms. The second-order valence-corrected chi connectivity index (χ2v) is 5.10. The number of nitrogens with zero attached hydrogens (tertiary/aromatic N) is 2. The minimum absolute atomic E-state index is 0.130. The van der Waals surface area contributed by atoms with E-state index in [2.05, 4.69) is 21.0 Å². The van der Waals surface area contributed by atoms with Crippen LogP contribution in [0.2, 0.25) is 0 Å². The van der Waals surface area contributed by atoms with Crippen LogP contribution in [0.1, 0.15) is 37.4 Å². The van der Waals surface area contributed by atoms with Crippen LogP contribution in [0.4, 0.5) is 8.78 Å². The van der Waals surface area contributed by atoms with Crippen LogP contribution in [-0.2, 0) is 11.3 Å². The Kier molecular flexibility index (Phi) is 4.50. The molecule has 17 heavy (non-hydrogen) atoms. The SMILES string of the molecule is FC(F)COCc1nn(C2CCCC2)cc1Br. The fourth-order valence-corrected chi connectivity index (χ4v) is 2.51. The number of ether oxygens (including phenoxy) is 1. The van der Waals surface area contributed by atoms with Crippen LogP contribution in [-0.4, -0.2) is 22.8 Å². The van der Waals surface area contributed by atoms with Gasteiger partial charge in [0.1, 0.15) is 12.3 Å². The van der Waals surface area contributed by atoms with Gasteiger partial charge in [-0.15, -0.1) is 0 Å². The first kappa shape index (κ1) is 13.0. The Hall–Kier alpha value is -0.490. The zero-order valence-electron chi connectivity index (χ0n) is 9.41. The zero-order chi connectivity index (χ0) is 12.3. The van der Waals surface area contributed by atoms with Gasteiger partial charge in [-0.3, -0.25) is 4.68 Å². The Morgan fingerprint density at radius 2 is 2.18 bits per heavy atom. The number of hydrogen-bond acceptors (Lipinski definition) is 2. The van der Waals surface area contributed by atoms with Gasteiger partial charge < -0.3 is 4.74 Å². The van der Waals surface area contributed by atoms with E-state index >= 15 is 0 Å². The van der Waals surface area contributed by atoms with Crippen LogP contribution in [0.3, 0.4) is 0 Å². The quantitative estimate of drug-likeness (QED) is 0.832. The van der Waals surface area contributed by atoms with E-state index < -0.39 is 13.0 Å². The van der Waals surface area contributed by atoms with Crippen molar-refractivity contribution in [3.63, 3.8) is 0 Å². The number of halogens is 3. The molecule has 1 aliphatic rings. The van der Waals surface area contributed by atoms with Crippen molar-refractivity contribution in [2.24, 2.45) is 0 Å². The van der Waals surface area contributed by atoms with Crippen molar-refractivity contribution in [3.05, 3.63) is 16.4 Å². The van der Waals surface area contributed by atoms with Crippen molar-refractivity contribution in [3.8, 4) is 0 Å². The third-order valence-corrected chi connectivity index (χ3v) is 3.60. The van der Waals surface area contributed by atoms with E-state index in [4.69, 9.17) is 4.74 Å². The molecule has 0 N–H and O–H groups in total. The summed E-state index contributed by atoms with van der Waals surface area (Å²) < 4.78 is 31.5. The minimum atomic E-state index is -2.43. The number of aromatic nitrogens is 2. The van der Waals surface area contributed by atoms with Gasteiger partial charge in [0.05, 0.1) is 17.1 Å². The summed E-state index contributed by atoms with van der Waals surface area (Å²) in [6, 6.07) is 0.454. The highest BCUT2D eigenvalue weighted by molar-refractivity contribution is 9.10. The molecular weight excluding hydrogens is 294 g/mol. The normalized spacial score (nSPS) is 17.2. The lowest BCUT2D eigenvalue weighted by molar-refractivity contribution is 0.00846. The average Bonchev–Trinajstić information content (AvgIpc) is 2.87. The maximum atomic E-state index is 11.9. The smallest absolute Gasteiger partial charge is 0.261 e. The molecule has 1 aromatic heterocycles. The first-order valence-corrected chi connectivity index (χ1v) is 6.55. The Labute approximate surface area is 107 Å². The Balaban J connectivity index is 1.93. The number of rotatable bonds is 5. The van der Waals surface area contributed by atoms with Crippen LogP contribution in [0, 0.1) is 0 Å². The van der Waals surface area contributed by atoms with Crippen LogP contribution in [0.15, 0.2) is 10.7 Å². The summed E-state index contributed by atoms with van der Waals surface area (Å²) in [6.07, 6.45) is 4.25. The molecule has 0 radical (unpaired) electrons. The van der Waals surface area contributed by atoms with Gasteiger partial charge in [0, 0.05) is 6.20 Å². The van der Waals surface area contributed by atoms with E-state index in [9.17, 15) is 8.78 Å². The second kappa shape index (κ2) is 5.91. The van der Waals surface area contributed by atoms with Gasteiger partial charge in [0.2, 0.25) is 0 Å². The van der Waals surface area contributed by atoms with Gasteiger partial charge in [-0.2, -0.15) is 5.10 Å². The molecule has 1 fully saturated rings. The van der Waals surface area contributed by atoms with Crippen molar-refractivity contribution in [1.82, 2.24) is 9.78 Å². The molecule has 1 aromatic rings. The van der Waals surface area contributed by atoms with Crippen molar-refractivity contribution in [2.45, 2.75) is 44.8 Å². The second-order valence-electron chi connectivity index (χ2n) is 4.25. The molecule has 3 nitrogen and oxygen atoms in total. The molecule has 0 aliphatic heterocycles. The van der Waals surface area contributed by atoms with Crippen molar-refractivity contribution >= 4 is 15.9 Å². The van der Waals surface area contributed by atoms with Crippen molar-refractivity contribution in [2.75, 3.05) is 6.61 Å². The molecule has 96 valence electrons. The summed E-state index contributed by atoms with van der Waals surface area (Å²) >= 11 is 3.38. The summed E-state index contributed by atoms with van der Waals surface area (Å²) in [5.74, 6) is 0. The molecular formula is C11H15BrF2N2O. The molecule has 0 unspecified atom stereocenters. The third-order valence-electron chi connectivity index (χ3n) is 2.94. The van der Waals surface area contributed by atoms with E-state index in [-0.39, 0.29) is 6.61 Å². The highest BCUT2D eigenvalue weighted by Gasteiger charge is 2.19. The van der Waals surface area contributed by atoms with Gasteiger partial charge in [0.25, 0.3) is 6.43 Å². The van der Waals surface area contributed by atoms with Crippen LogP contribution < -0.4 is 0 Å². The van der Waals surface area contributed by atoms with Gasteiger partial charge in [-0.25, -0.2) is 8.78 Å². The highest BCUT2D eigenvalue weighted by atomic mass is 79.9. The summed E-state index contributed by atoms with van der Waals surface area (Å²) in [5, 5.41) is 4.39. The molecule has 0 atom stereocenters. The van der Waals surface area contributed by atoms with Gasteiger partial charge in [0.15, 0.2) is 0 Å². The predicted molar refractivity (Wildman–Crippen MR) is 63.1 cm³/mol. The van der Waals surface area contributed by atoms with E-state index in [0.717, 1.165) is 17.3 Å². The number of alkyl halides is 2. The lowest BCUT2D eigenvalue weighted by Crippen LogP contribution is -2.07. The van der Waals surface area contributed by atoms with E-state index in [1.165, 1.54) is 12.8 Å². The minimum Gasteiger partial charge on any atom is -0.369 e. The first-order valence-electron chi connectivity index (χ1n) is 5.76. The largest absolute Gasteiger partial charge is 0.369 e.